The van der Waals surface area contributed by atoms with Crippen molar-refractivity contribution in [3.8, 4) is 5.88 Å². The fourth-order valence-electron chi connectivity index (χ4n) is 4.87. The van der Waals surface area contributed by atoms with Crippen LogP contribution in [-0.4, -0.2) is 59.3 Å². The molecular formula is C22H33N3O3. The molecule has 0 bridgehead atoms. The van der Waals surface area contributed by atoms with Gasteiger partial charge in [-0.25, -0.2) is 4.98 Å². The minimum absolute atomic E-state index is 0.0408. The van der Waals surface area contributed by atoms with Crippen molar-refractivity contribution in [2.24, 2.45) is 17.8 Å². The molecule has 3 fully saturated rings. The SMILES string of the molecule is Cc1cc(CC(=O)N2CC(C)(O)C2)cnc1OCCC1CC1C1CCNCC1. The predicted molar refractivity (Wildman–Crippen MR) is 107 cm³/mol. The first-order chi connectivity index (χ1) is 13.4. The molecule has 2 aliphatic heterocycles. The number of carbonyl (C=O) groups is 1. The van der Waals surface area contributed by atoms with Crippen molar-refractivity contribution in [3.63, 3.8) is 0 Å². The van der Waals surface area contributed by atoms with Crippen LogP contribution in [0, 0.1) is 24.7 Å². The van der Waals surface area contributed by atoms with Gasteiger partial charge in [-0.15, -0.1) is 0 Å². The van der Waals surface area contributed by atoms with Crippen LogP contribution in [0.2, 0.25) is 0 Å². The molecule has 1 aliphatic carbocycles. The molecule has 2 saturated heterocycles. The Kier molecular flexibility index (Phi) is 5.61. The van der Waals surface area contributed by atoms with Crippen LogP contribution in [0.25, 0.3) is 0 Å². The third kappa shape index (κ3) is 4.66. The summed E-state index contributed by atoms with van der Waals surface area (Å²) in [5.74, 6) is 3.38. The summed E-state index contributed by atoms with van der Waals surface area (Å²) in [5.41, 5.74) is 1.15. The van der Waals surface area contributed by atoms with Crippen LogP contribution in [-0.2, 0) is 11.2 Å². The first-order valence-electron chi connectivity index (χ1n) is 10.7. The average Bonchev–Trinajstić information content (AvgIpc) is 3.42. The Labute approximate surface area is 167 Å². The lowest BCUT2D eigenvalue weighted by molar-refractivity contribution is -0.151. The van der Waals surface area contributed by atoms with E-state index in [2.05, 4.69) is 10.3 Å². The fourth-order valence-corrected chi connectivity index (χ4v) is 4.87. The molecule has 0 spiro atoms. The number of hydrogen-bond acceptors (Lipinski definition) is 5. The van der Waals surface area contributed by atoms with Crippen LogP contribution in [0.5, 0.6) is 5.88 Å². The van der Waals surface area contributed by atoms with Gasteiger partial charge in [0.1, 0.15) is 0 Å². The molecular weight excluding hydrogens is 354 g/mol. The van der Waals surface area contributed by atoms with Gasteiger partial charge in [0.25, 0.3) is 0 Å². The third-order valence-electron chi connectivity index (χ3n) is 6.55. The maximum atomic E-state index is 12.2. The van der Waals surface area contributed by atoms with Crippen molar-refractivity contribution in [3.05, 3.63) is 23.4 Å². The van der Waals surface area contributed by atoms with Crippen molar-refractivity contribution in [2.75, 3.05) is 32.8 Å². The maximum absolute atomic E-state index is 12.2. The molecule has 2 N–H and O–H groups in total. The highest BCUT2D eigenvalue weighted by atomic mass is 16.5. The molecule has 3 heterocycles. The van der Waals surface area contributed by atoms with E-state index in [0.29, 0.717) is 25.4 Å². The molecule has 1 aromatic heterocycles. The van der Waals surface area contributed by atoms with Crippen molar-refractivity contribution in [1.29, 1.82) is 0 Å². The maximum Gasteiger partial charge on any atom is 0.227 e. The van der Waals surface area contributed by atoms with Gasteiger partial charge in [-0.1, -0.05) is 0 Å². The summed E-state index contributed by atoms with van der Waals surface area (Å²) >= 11 is 0. The number of hydrogen-bond donors (Lipinski definition) is 2. The lowest BCUT2D eigenvalue weighted by atomic mass is 9.91. The standard InChI is InChI=1S/C22H33N3O3/c1-15-9-16(10-20(26)25-13-22(2,27)14-25)12-24-21(15)28-8-5-18-11-19(18)17-3-6-23-7-4-17/h9,12,17-19,23,27H,3-8,10-11,13-14H2,1-2H3. The van der Waals surface area contributed by atoms with E-state index in [1.54, 1.807) is 18.0 Å². The number of carbonyl (C=O) groups excluding carboxylic acids is 1. The highest BCUT2D eigenvalue weighted by Crippen LogP contribution is 2.49. The van der Waals surface area contributed by atoms with E-state index in [-0.39, 0.29) is 5.91 Å². The summed E-state index contributed by atoms with van der Waals surface area (Å²) in [7, 11) is 0. The van der Waals surface area contributed by atoms with Crippen LogP contribution in [0.1, 0.15) is 43.7 Å². The van der Waals surface area contributed by atoms with Crippen LogP contribution >= 0.6 is 0 Å². The highest BCUT2D eigenvalue weighted by molar-refractivity contribution is 5.79. The Morgan fingerprint density at radius 2 is 2.14 bits per heavy atom. The normalized spacial score (nSPS) is 26.6. The summed E-state index contributed by atoms with van der Waals surface area (Å²) < 4.78 is 5.94. The number of aromatic nitrogens is 1. The number of likely N-dealkylation sites (tertiary alicyclic amines) is 1. The number of aliphatic hydroxyl groups is 1. The van der Waals surface area contributed by atoms with Crippen LogP contribution in [0.3, 0.4) is 0 Å². The van der Waals surface area contributed by atoms with Gasteiger partial charge in [0.05, 0.1) is 31.7 Å². The Bertz CT molecular complexity index is 707. The van der Waals surface area contributed by atoms with Crippen molar-refractivity contribution in [1.82, 2.24) is 15.2 Å². The first-order valence-corrected chi connectivity index (χ1v) is 10.7. The topological polar surface area (TPSA) is 74.7 Å². The molecule has 1 amide bonds. The van der Waals surface area contributed by atoms with Gasteiger partial charge in [-0.3, -0.25) is 4.79 Å². The second-order valence-corrected chi connectivity index (χ2v) is 9.27. The van der Waals surface area contributed by atoms with Crippen LogP contribution < -0.4 is 10.1 Å². The van der Waals surface area contributed by atoms with E-state index < -0.39 is 5.60 Å². The highest BCUT2D eigenvalue weighted by Gasteiger charge is 2.42. The first kappa shape index (κ1) is 19.6. The summed E-state index contributed by atoms with van der Waals surface area (Å²) in [6.45, 7) is 7.66. The van der Waals surface area contributed by atoms with E-state index in [4.69, 9.17) is 4.74 Å². The van der Waals surface area contributed by atoms with Crippen LogP contribution in [0.15, 0.2) is 12.3 Å². The Balaban J connectivity index is 1.20. The molecule has 1 aromatic rings. The quantitative estimate of drug-likeness (QED) is 0.748. The van der Waals surface area contributed by atoms with Crippen molar-refractivity contribution < 1.29 is 14.6 Å². The Morgan fingerprint density at radius 1 is 1.39 bits per heavy atom. The van der Waals surface area contributed by atoms with Gasteiger partial charge >= 0.3 is 0 Å². The van der Waals surface area contributed by atoms with Gasteiger partial charge in [0, 0.05) is 11.8 Å². The zero-order chi connectivity index (χ0) is 19.7. The van der Waals surface area contributed by atoms with Gasteiger partial charge in [-0.2, -0.15) is 0 Å². The molecule has 0 radical (unpaired) electrons. The van der Waals surface area contributed by atoms with Gasteiger partial charge in [-0.05, 0) is 82.0 Å². The molecule has 154 valence electrons. The van der Waals surface area contributed by atoms with Gasteiger partial charge < -0.3 is 20.1 Å². The third-order valence-corrected chi connectivity index (χ3v) is 6.55. The number of nitrogens with zero attached hydrogens (tertiary/aromatic N) is 2. The lowest BCUT2D eigenvalue weighted by Crippen LogP contribution is -2.62. The van der Waals surface area contributed by atoms with Crippen LogP contribution in [0.4, 0.5) is 0 Å². The van der Waals surface area contributed by atoms with E-state index in [1.165, 1.54) is 32.4 Å². The number of nitrogens with one attached hydrogen (secondary N) is 1. The van der Waals surface area contributed by atoms with E-state index in [0.717, 1.165) is 41.9 Å². The molecule has 2 atom stereocenters. The number of β-amino-alcohol motifs (C(OH)–C–C–N with tert-alkyl or cyclic N) is 1. The molecule has 0 aromatic carbocycles. The minimum Gasteiger partial charge on any atom is -0.477 e. The summed E-state index contributed by atoms with van der Waals surface area (Å²) in [5, 5.41) is 13.2. The molecule has 4 rings (SSSR count). The monoisotopic (exact) mass is 387 g/mol. The Hall–Kier alpha value is -1.66. The lowest BCUT2D eigenvalue weighted by Gasteiger charge is -2.44. The minimum atomic E-state index is -0.726. The second-order valence-electron chi connectivity index (χ2n) is 9.27. The molecule has 3 aliphatic rings. The van der Waals surface area contributed by atoms with Crippen molar-refractivity contribution >= 4 is 5.91 Å². The van der Waals surface area contributed by atoms with E-state index >= 15 is 0 Å². The Morgan fingerprint density at radius 3 is 2.82 bits per heavy atom. The fraction of sp³-hybridized carbons (Fsp3) is 0.727. The predicted octanol–water partition coefficient (Wildman–Crippen LogP) is 1.93. The molecule has 28 heavy (non-hydrogen) atoms. The average molecular weight is 388 g/mol. The molecule has 6 heteroatoms. The summed E-state index contributed by atoms with van der Waals surface area (Å²) in [6, 6.07) is 1.99. The van der Waals surface area contributed by atoms with E-state index in [9.17, 15) is 9.90 Å². The van der Waals surface area contributed by atoms with Gasteiger partial charge in [0.15, 0.2) is 0 Å². The molecule has 2 unspecified atom stereocenters. The zero-order valence-electron chi connectivity index (χ0n) is 17.1. The number of amides is 1. The molecule has 1 saturated carbocycles. The smallest absolute Gasteiger partial charge is 0.227 e. The number of ether oxygens (including phenoxy) is 1. The van der Waals surface area contributed by atoms with Crippen molar-refractivity contribution in [2.45, 2.75) is 51.6 Å². The number of rotatable bonds is 7. The number of piperidine rings is 1. The summed E-state index contributed by atoms with van der Waals surface area (Å²) in [4.78, 5) is 18.4. The number of aryl methyl sites for hydroxylation is 1. The number of pyridine rings is 1. The van der Waals surface area contributed by atoms with Gasteiger partial charge in [0.2, 0.25) is 11.8 Å². The zero-order valence-corrected chi connectivity index (χ0v) is 17.1. The summed E-state index contributed by atoms with van der Waals surface area (Å²) in [6.07, 6.45) is 7.21. The second kappa shape index (κ2) is 7.99. The largest absolute Gasteiger partial charge is 0.477 e. The molecule has 6 nitrogen and oxygen atoms in total. The van der Waals surface area contributed by atoms with E-state index in [1.807, 2.05) is 13.0 Å².